The summed E-state index contributed by atoms with van der Waals surface area (Å²) < 4.78 is 39.2. The lowest BCUT2D eigenvalue weighted by Crippen LogP contribution is -2.47. The van der Waals surface area contributed by atoms with E-state index in [9.17, 15) is 18.0 Å². The van der Waals surface area contributed by atoms with Crippen LogP contribution in [0, 0.1) is 5.92 Å². The summed E-state index contributed by atoms with van der Waals surface area (Å²) in [6.45, 7) is 0. The van der Waals surface area contributed by atoms with Crippen molar-refractivity contribution < 1.29 is 18.0 Å². The standard InChI is InChI=1S/C15H15F3N2OS2/c16-15(17,18)9-4-1-2-5-10(9)20-13(21)12-8-19-14(23-12)11-6-3-7-22-11/h3,6-10H,1-2,4-5H2,(H,20,21). The molecule has 2 aromatic rings. The van der Waals surface area contributed by atoms with Crippen LogP contribution in [0.2, 0.25) is 0 Å². The van der Waals surface area contributed by atoms with Gasteiger partial charge in [-0.1, -0.05) is 18.9 Å². The van der Waals surface area contributed by atoms with Crippen LogP contribution in [0.1, 0.15) is 35.4 Å². The Labute approximate surface area is 139 Å². The summed E-state index contributed by atoms with van der Waals surface area (Å²) in [7, 11) is 0. The minimum Gasteiger partial charge on any atom is -0.348 e. The number of rotatable bonds is 3. The molecule has 1 amide bonds. The zero-order chi connectivity index (χ0) is 16.4. The number of hydrogen-bond acceptors (Lipinski definition) is 4. The molecule has 3 nitrogen and oxygen atoms in total. The number of halogens is 3. The number of aromatic nitrogens is 1. The van der Waals surface area contributed by atoms with Crippen molar-refractivity contribution in [2.45, 2.75) is 37.9 Å². The maximum Gasteiger partial charge on any atom is 0.393 e. The number of nitrogens with one attached hydrogen (secondary N) is 1. The number of carbonyl (C=O) groups is 1. The van der Waals surface area contributed by atoms with E-state index in [1.807, 2.05) is 17.5 Å². The number of carbonyl (C=O) groups excluding carboxylic acids is 1. The lowest BCUT2D eigenvalue weighted by Gasteiger charge is -2.33. The highest BCUT2D eigenvalue weighted by Crippen LogP contribution is 2.38. The van der Waals surface area contributed by atoms with Gasteiger partial charge in [0.25, 0.3) is 5.91 Å². The Bertz CT molecular complexity index is 667. The van der Waals surface area contributed by atoms with Crippen molar-refractivity contribution in [3.8, 4) is 9.88 Å². The largest absolute Gasteiger partial charge is 0.393 e. The highest BCUT2D eigenvalue weighted by molar-refractivity contribution is 7.21. The van der Waals surface area contributed by atoms with Crippen LogP contribution in [0.5, 0.6) is 0 Å². The van der Waals surface area contributed by atoms with Crippen molar-refractivity contribution in [3.63, 3.8) is 0 Å². The molecule has 1 N–H and O–H groups in total. The number of alkyl halides is 3. The van der Waals surface area contributed by atoms with Crippen molar-refractivity contribution in [1.29, 1.82) is 0 Å². The molecule has 0 aromatic carbocycles. The fraction of sp³-hybridized carbons (Fsp3) is 0.467. The first-order valence-corrected chi connectivity index (χ1v) is 9.02. The topological polar surface area (TPSA) is 42.0 Å². The summed E-state index contributed by atoms with van der Waals surface area (Å²) in [6.07, 6.45) is -1.13. The lowest BCUT2D eigenvalue weighted by atomic mass is 9.84. The first-order chi connectivity index (χ1) is 10.9. The SMILES string of the molecule is O=C(NC1CCCCC1C(F)(F)F)c1cnc(-c2cccs2)s1. The number of thiazole rings is 1. The molecule has 3 rings (SSSR count). The Kier molecular flexibility index (Phi) is 4.72. The minimum atomic E-state index is -4.27. The van der Waals surface area contributed by atoms with Crippen LogP contribution in [0.3, 0.4) is 0 Å². The summed E-state index contributed by atoms with van der Waals surface area (Å²) in [5.41, 5.74) is 0. The Balaban J connectivity index is 1.71. The Morgan fingerprint density at radius 2 is 2.09 bits per heavy atom. The second-order valence-electron chi connectivity index (χ2n) is 5.52. The molecule has 2 unspecified atom stereocenters. The molecule has 1 saturated carbocycles. The Morgan fingerprint density at radius 3 is 2.78 bits per heavy atom. The van der Waals surface area contributed by atoms with Gasteiger partial charge < -0.3 is 5.32 Å². The molecule has 2 aromatic heterocycles. The van der Waals surface area contributed by atoms with Crippen molar-refractivity contribution in [1.82, 2.24) is 10.3 Å². The van der Waals surface area contributed by atoms with E-state index in [2.05, 4.69) is 10.3 Å². The highest BCUT2D eigenvalue weighted by Gasteiger charge is 2.46. The van der Waals surface area contributed by atoms with E-state index >= 15 is 0 Å². The Hall–Kier alpha value is -1.41. The number of amides is 1. The second kappa shape index (κ2) is 6.60. The molecular weight excluding hydrogens is 345 g/mol. The minimum absolute atomic E-state index is 0.0809. The van der Waals surface area contributed by atoms with E-state index in [1.54, 1.807) is 0 Å². The number of nitrogens with zero attached hydrogens (tertiary/aromatic N) is 1. The van der Waals surface area contributed by atoms with Gasteiger partial charge in [-0.2, -0.15) is 13.2 Å². The zero-order valence-corrected chi connectivity index (χ0v) is 13.7. The van der Waals surface area contributed by atoms with Gasteiger partial charge in [0.2, 0.25) is 0 Å². The van der Waals surface area contributed by atoms with E-state index in [4.69, 9.17) is 0 Å². The van der Waals surface area contributed by atoms with Gasteiger partial charge in [0, 0.05) is 6.04 Å². The zero-order valence-electron chi connectivity index (χ0n) is 12.1. The third-order valence-electron chi connectivity index (χ3n) is 3.96. The lowest BCUT2D eigenvalue weighted by molar-refractivity contribution is -0.187. The monoisotopic (exact) mass is 360 g/mol. The molecule has 0 spiro atoms. The van der Waals surface area contributed by atoms with Crippen molar-refractivity contribution in [2.75, 3.05) is 0 Å². The van der Waals surface area contributed by atoms with Gasteiger partial charge in [-0.05, 0) is 24.3 Å². The normalized spacial score (nSPS) is 22.0. The molecule has 2 atom stereocenters. The fourth-order valence-corrected chi connectivity index (χ4v) is 4.45. The molecule has 0 bridgehead atoms. The van der Waals surface area contributed by atoms with Gasteiger partial charge in [0.05, 0.1) is 17.0 Å². The second-order valence-corrected chi connectivity index (χ2v) is 7.50. The maximum atomic E-state index is 13.1. The first-order valence-electron chi connectivity index (χ1n) is 7.32. The fourth-order valence-electron chi connectivity index (χ4n) is 2.83. The first kappa shape index (κ1) is 16.4. The molecule has 0 aliphatic heterocycles. The van der Waals surface area contributed by atoms with Gasteiger partial charge >= 0.3 is 6.18 Å². The van der Waals surface area contributed by atoms with Crippen molar-refractivity contribution >= 4 is 28.6 Å². The number of thiophene rings is 1. The third kappa shape index (κ3) is 3.74. The van der Waals surface area contributed by atoms with E-state index < -0.39 is 24.0 Å². The van der Waals surface area contributed by atoms with E-state index in [-0.39, 0.29) is 6.42 Å². The predicted octanol–water partition coefficient (Wildman–Crippen LogP) is 4.72. The third-order valence-corrected chi connectivity index (χ3v) is 6.00. The van der Waals surface area contributed by atoms with Crippen LogP contribution in [0.4, 0.5) is 13.2 Å². The smallest absolute Gasteiger partial charge is 0.348 e. The maximum absolute atomic E-state index is 13.1. The molecule has 0 saturated heterocycles. The molecule has 1 aliphatic carbocycles. The molecule has 2 heterocycles. The van der Waals surface area contributed by atoms with Crippen LogP contribution in [0.25, 0.3) is 9.88 Å². The van der Waals surface area contributed by atoms with Crippen molar-refractivity contribution in [3.05, 3.63) is 28.6 Å². The highest BCUT2D eigenvalue weighted by atomic mass is 32.1. The average Bonchev–Trinajstić information content (AvgIpc) is 3.18. The van der Waals surface area contributed by atoms with Crippen molar-refractivity contribution in [2.24, 2.45) is 5.92 Å². The quantitative estimate of drug-likeness (QED) is 0.860. The summed E-state index contributed by atoms with van der Waals surface area (Å²) in [5, 5.41) is 5.18. The molecule has 1 fully saturated rings. The molecule has 0 radical (unpaired) electrons. The van der Waals surface area contributed by atoms with Gasteiger partial charge in [-0.25, -0.2) is 4.98 Å². The van der Waals surface area contributed by atoms with Crippen LogP contribution in [-0.4, -0.2) is 23.1 Å². The van der Waals surface area contributed by atoms with Crippen LogP contribution in [-0.2, 0) is 0 Å². The van der Waals surface area contributed by atoms with E-state index in [0.717, 1.165) is 4.88 Å². The molecule has 1 aliphatic rings. The molecule has 8 heteroatoms. The summed E-state index contributed by atoms with van der Waals surface area (Å²) >= 11 is 2.71. The number of hydrogen-bond donors (Lipinski definition) is 1. The molecular formula is C15H15F3N2OS2. The average molecular weight is 360 g/mol. The summed E-state index contributed by atoms with van der Waals surface area (Å²) in [4.78, 5) is 17.7. The van der Waals surface area contributed by atoms with Gasteiger partial charge in [-0.15, -0.1) is 22.7 Å². The van der Waals surface area contributed by atoms with Crippen LogP contribution in [0.15, 0.2) is 23.7 Å². The van der Waals surface area contributed by atoms with E-state index in [1.165, 1.54) is 28.9 Å². The van der Waals surface area contributed by atoms with Gasteiger partial charge in [-0.3, -0.25) is 4.79 Å². The van der Waals surface area contributed by atoms with Gasteiger partial charge in [0.1, 0.15) is 9.88 Å². The molecule has 124 valence electrons. The molecule has 23 heavy (non-hydrogen) atoms. The Morgan fingerprint density at radius 1 is 1.30 bits per heavy atom. The summed E-state index contributed by atoms with van der Waals surface area (Å²) in [6, 6.07) is 2.94. The predicted molar refractivity (Wildman–Crippen MR) is 84.7 cm³/mol. The van der Waals surface area contributed by atoms with Crippen LogP contribution >= 0.6 is 22.7 Å². The summed E-state index contributed by atoms with van der Waals surface area (Å²) in [5.74, 6) is -1.92. The van der Waals surface area contributed by atoms with Gasteiger partial charge in [0.15, 0.2) is 0 Å². The van der Waals surface area contributed by atoms with E-state index in [0.29, 0.717) is 29.1 Å². The van der Waals surface area contributed by atoms with Crippen LogP contribution < -0.4 is 5.32 Å².